The normalized spacial score (nSPS) is 12.5. The maximum Gasteiger partial charge on any atom is 0.330 e. The van der Waals surface area contributed by atoms with Crippen LogP contribution >= 0.6 is 0 Å². The van der Waals surface area contributed by atoms with Crippen molar-refractivity contribution in [2.24, 2.45) is 5.73 Å². The number of nitrogens with two attached hydrogens (primary N) is 1. The summed E-state index contributed by atoms with van der Waals surface area (Å²) in [5.41, 5.74) is 5.12. The first-order chi connectivity index (χ1) is 6.00. The number of alkyl halides is 4. The SMILES string of the molecule is NCCCCOCC(F)(F)C(F)F. The Balaban J connectivity index is 3.41. The van der Waals surface area contributed by atoms with E-state index in [9.17, 15) is 17.6 Å². The molecule has 0 unspecified atom stereocenters. The molecule has 0 rings (SSSR count). The molecule has 0 aliphatic heterocycles. The molecule has 0 radical (unpaired) electrons. The monoisotopic (exact) mass is 203 g/mol. The van der Waals surface area contributed by atoms with Crippen LogP contribution in [0.5, 0.6) is 0 Å². The van der Waals surface area contributed by atoms with E-state index < -0.39 is 19.0 Å². The molecule has 0 aromatic rings. The predicted molar refractivity (Wildman–Crippen MR) is 40.1 cm³/mol. The van der Waals surface area contributed by atoms with Crippen LogP contribution in [0, 0.1) is 0 Å². The number of halogens is 4. The summed E-state index contributed by atoms with van der Waals surface area (Å²) in [5, 5.41) is 0. The van der Waals surface area contributed by atoms with Gasteiger partial charge in [0.15, 0.2) is 0 Å². The van der Waals surface area contributed by atoms with Crippen molar-refractivity contribution in [3.8, 4) is 0 Å². The van der Waals surface area contributed by atoms with Gasteiger partial charge < -0.3 is 10.5 Å². The average molecular weight is 203 g/mol. The quantitative estimate of drug-likeness (QED) is 0.504. The molecule has 2 nitrogen and oxygen atoms in total. The highest BCUT2D eigenvalue weighted by atomic mass is 19.3. The smallest absolute Gasteiger partial charge is 0.330 e. The zero-order valence-corrected chi connectivity index (χ0v) is 7.11. The van der Waals surface area contributed by atoms with Crippen molar-refractivity contribution >= 4 is 0 Å². The van der Waals surface area contributed by atoms with Crippen molar-refractivity contribution in [1.29, 1.82) is 0 Å². The fraction of sp³-hybridized carbons (Fsp3) is 1.00. The van der Waals surface area contributed by atoms with Crippen LogP contribution in [0.25, 0.3) is 0 Å². The van der Waals surface area contributed by atoms with E-state index in [-0.39, 0.29) is 6.61 Å². The first-order valence-electron chi connectivity index (χ1n) is 3.94. The third-order valence-electron chi connectivity index (χ3n) is 1.36. The topological polar surface area (TPSA) is 35.2 Å². The molecule has 13 heavy (non-hydrogen) atoms. The standard InChI is InChI=1S/C7H13F4NO/c8-6(9)7(10,11)5-13-4-2-1-3-12/h6H,1-5,12H2. The fourth-order valence-corrected chi connectivity index (χ4v) is 0.620. The van der Waals surface area contributed by atoms with Gasteiger partial charge in [0, 0.05) is 6.61 Å². The first kappa shape index (κ1) is 12.6. The van der Waals surface area contributed by atoms with E-state index in [1.54, 1.807) is 0 Å². The maximum atomic E-state index is 12.2. The van der Waals surface area contributed by atoms with Crippen LogP contribution in [0.1, 0.15) is 12.8 Å². The lowest BCUT2D eigenvalue weighted by Crippen LogP contribution is -2.32. The van der Waals surface area contributed by atoms with Gasteiger partial charge in [-0.15, -0.1) is 0 Å². The van der Waals surface area contributed by atoms with Gasteiger partial charge in [0.05, 0.1) is 0 Å². The molecule has 0 atom stereocenters. The molecule has 0 saturated heterocycles. The van der Waals surface area contributed by atoms with Crippen LogP contribution in [0.15, 0.2) is 0 Å². The zero-order valence-electron chi connectivity index (χ0n) is 7.11. The largest absolute Gasteiger partial charge is 0.375 e. The van der Waals surface area contributed by atoms with E-state index in [4.69, 9.17) is 5.73 Å². The number of rotatable bonds is 7. The zero-order chi connectivity index (χ0) is 10.3. The van der Waals surface area contributed by atoms with Crippen molar-refractivity contribution in [2.45, 2.75) is 25.2 Å². The van der Waals surface area contributed by atoms with Gasteiger partial charge in [-0.25, -0.2) is 8.78 Å². The first-order valence-corrected chi connectivity index (χ1v) is 3.94. The Morgan fingerprint density at radius 1 is 1.23 bits per heavy atom. The molecule has 0 aliphatic rings. The molecule has 0 aromatic carbocycles. The minimum atomic E-state index is -4.04. The Morgan fingerprint density at radius 3 is 2.31 bits per heavy atom. The van der Waals surface area contributed by atoms with E-state index >= 15 is 0 Å². The summed E-state index contributed by atoms with van der Waals surface area (Å²) >= 11 is 0. The number of ether oxygens (including phenoxy) is 1. The van der Waals surface area contributed by atoms with Crippen molar-refractivity contribution in [3.63, 3.8) is 0 Å². The van der Waals surface area contributed by atoms with Crippen LogP contribution in [0.3, 0.4) is 0 Å². The molecular weight excluding hydrogens is 190 g/mol. The molecule has 0 bridgehead atoms. The lowest BCUT2D eigenvalue weighted by molar-refractivity contribution is -0.165. The minimum absolute atomic E-state index is 0.0412. The Labute approximate surface area is 74.0 Å². The van der Waals surface area contributed by atoms with Gasteiger partial charge in [0.25, 0.3) is 0 Å². The van der Waals surface area contributed by atoms with Gasteiger partial charge in [0.2, 0.25) is 0 Å². The number of unbranched alkanes of at least 4 members (excludes halogenated alkanes) is 1. The summed E-state index contributed by atoms with van der Waals surface area (Å²) in [6.07, 6.45) is -2.52. The lowest BCUT2D eigenvalue weighted by atomic mass is 10.3. The minimum Gasteiger partial charge on any atom is -0.375 e. The van der Waals surface area contributed by atoms with Gasteiger partial charge >= 0.3 is 12.3 Å². The summed E-state index contributed by atoms with van der Waals surface area (Å²) in [7, 11) is 0. The highest BCUT2D eigenvalue weighted by molar-refractivity contribution is 4.67. The fourth-order valence-electron chi connectivity index (χ4n) is 0.620. The van der Waals surface area contributed by atoms with Crippen LogP contribution in [0.2, 0.25) is 0 Å². The van der Waals surface area contributed by atoms with Crippen molar-refractivity contribution in [2.75, 3.05) is 19.8 Å². The van der Waals surface area contributed by atoms with E-state index in [2.05, 4.69) is 4.74 Å². The van der Waals surface area contributed by atoms with Crippen LogP contribution in [0.4, 0.5) is 17.6 Å². The Morgan fingerprint density at radius 2 is 1.85 bits per heavy atom. The molecule has 2 N–H and O–H groups in total. The summed E-state index contributed by atoms with van der Waals surface area (Å²) in [6, 6.07) is 0. The third kappa shape index (κ3) is 5.81. The Hall–Kier alpha value is -0.360. The molecule has 80 valence electrons. The summed E-state index contributed by atoms with van der Waals surface area (Å²) < 4.78 is 51.8. The number of hydrogen-bond donors (Lipinski definition) is 1. The van der Waals surface area contributed by atoms with E-state index in [1.807, 2.05) is 0 Å². The molecule has 0 amide bonds. The Bertz CT molecular complexity index is 132. The van der Waals surface area contributed by atoms with Gasteiger partial charge in [0.1, 0.15) is 6.61 Å². The van der Waals surface area contributed by atoms with Crippen molar-refractivity contribution < 1.29 is 22.3 Å². The van der Waals surface area contributed by atoms with Gasteiger partial charge in [-0.05, 0) is 19.4 Å². The van der Waals surface area contributed by atoms with Crippen LogP contribution in [-0.4, -0.2) is 32.1 Å². The molecule has 0 fully saturated rings. The molecule has 0 heterocycles. The second-order valence-corrected chi connectivity index (χ2v) is 2.61. The van der Waals surface area contributed by atoms with Crippen LogP contribution in [-0.2, 0) is 4.74 Å². The second kappa shape index (κ2) is 6.15. The highest BCUT2D eigenvalue weighted by Crippen LogP contribution is 2.22. The van der Waals surface area contributed by atoms with Gasteiger partial charge in [-0.1, -0.05) is 0 Å². The molecule has 6 heteroatoms. The molecule has 0 spiro atoms. The summed E-state index contributed by atoms with van der Waals surface area (Å²) in [4.78, 5) is 0. The lowest BCUT2D eigenvalue weighted by Gasteiger charge is -2.14. The average Bonchev–Trinajstić information content (AvgIpc) is 2.03. The summed E-state index contributed by atoms with van der Waals surface area (Å²) in [6.45, 7) is -0.747. The van der Waals surface area contributed by atoms with Gasteiger partial charge in [-0.3, -0.25) is 0 Å². The maximum absolute atomic E-state index is 12.2. The van der Waals surface area contributed by atoms with Crippen molar-refractivity contribution in [1.82, 2.24) is 0 Å². The predicted octanol–water partition coefficient (Wildman–Crippen LogP) is 1.64. The van der Waals surface area contributed by atoms with Crippen molar-refractivity contribution in [3.05, 3.63) is 0 Å². The third-order valence-corrected chi connectivity index (χ3v) is 1.36. The van der Waals surface area contributed by atoms with Crippen LogP contribution < -0.4 is 5.73 Å². The van der Waals surface area contributed by atoms with E-state index in [0.29, 0.717) is 19.4 Å². The molecule has 0 saturated carbocycles. The Kier molecular flexibility index (Phi) is 5.98. The second-order valence-electron chi connectivity index (χ2n) is 2.61. The van der Waals surface area contributed by atoms with E-state index in [1.165, 1.54) is 0 Å². The van der Waals surface area contributed by atoms with E-state index in [0.717, 1.165) is 0 Å². The number of hydrogen-bond acceptors (Lipinski definition) is 2. The highest BCUT2D eigenvalue weighted by Gasteiger charge is 2.40. The molecular formula is C7H13F4NO. The van der Waals surface area contributed by atoms with Gasteiger partial charge in [-0.2, -0.15) is 8.78 Å². The molecule has 0 aliphatic carbocycles. The molecule has 0 aromatic heterocycles. The summed E-state index contributed by atoms with van der Waals surface area (Å²) in [5.74, 6) is -4.04.